The van der Waals surface area contributed by atoms with Crippen LogP contribution >= 0.6 is 18.8 Å². The third-order valence-electron chi connectivity index (χ3n) is 0.500. The number of halogens is 2. The molecule has 0 saturated carbocycles. The quantitative estimate of drug-likeness (QED) is 0.297. The zero-order valence-corrected chi connectivity index (χ0v) is 12.6. The molecule has 102 valence electrons. The van der Waals surface area contributed by atoms with E-state index in [-0.39, 0.29) is 0 Å². The number of rotatable bonds is 3. The maximum absolute atomic E-state index is 4.90. The summed E-state index contributed by atoms with van der Waals surface area (Å²) in [5.74, 6) is 0. The third kappa shape index (κ3) is 157. The van der Waals surface area contributed by atoms with Gasteiger partial charge in [0, 0.05) is 39.3 Å². The monoisotopic (exact) mass is 445 g/mol. The van der Waals surface area contributed by atoms with E-state index in [2.05, 4.69) is 0 Å². The Bertz CT molecular complexity index is 49.4. The maximum atomic E-state index is 4.90. The van der Waals surface area contributed by atoms with Crippen molar-refractivity contribution in [2.45, 2.75) is 0 Å². The number of nitrogens with two attached hydrogens (primary N) is 6. The average Bonchev–Trinajstić information content (AvgIpc) is 2.30. The van der Waals surface area contributed by atoms with E-state index in [1.54, 1.807) is 0 Å². The molecule has 0 rings (SSSR count). The minimum atomic E-state index is -0.472. The minimum absolute atomic E-state index is 0.472. The average molecular weight is 446 g/mol. The standard InChI is InChI=1S/3C2H8N2.2ClH.Pt/c3*3-1-2-4;;;/h3*1-4H2;2*1H;/q;;;;;+2/p-2. The predicted octanol–water partition coefficient (Wildman–Crippen LogP) is -1.91. The topological polar surface area (TPSA) is 156 Å². The Balaban J connectivity index is -0.0000000542. The predicted molar refractivity (Wildman–Crippen MR) is 66.0 cm³/mol. The van der Waals surface area contributed by atoms with Crippen LogP contribution in [0.4, 0.5) is 0 Å². The van der Waals surface area contributed by atoms with Gasteiger partial charge in [-0.2, -0.15) is 0 Å². The van der Waals surface area contributed by atoms with Crippen molar-refractivity contribution in [1.29, 1.82) is 0 Å². The van der Waals surface area contributed by atoms with Gasteiger partial charge in [0.15, 0.2) is 0 Å². The van der Waals surface area contributed by atoms with Gasteiger partial charge in [0.2, 0.25) is 0 Å². The summed E-state index contributed by atoms with van der Waals surface area (Å²) in [7, 11) is 9.75. The van der Waals surface area contributed by atoms with Crippen molar-refractivity contribution in [1.82, 2.24) is 0 Å². The molecule has 15 heavy (non-hydrogen) atoms. The van der Waals surface area contributed by atoms with Crippen LogP contribution < -0.4 is 34.4 Å². The molecule has 0 aromatic rings. The second-order valence-corrected chi connectivity index (χ2v) is 5.06. The summed E-state index contributed by atoms with van der Waals surface area (Å²) in [4.78, 5) is 0. The summed E-state index contributed by atoms with van der Waals surface area (Å²) in [5.41, 5.74) is 29.4. The zero-order valence-electron chi connectivity index (χ0n) is 8.78. The molecule has 0 bridgehead atoms. The van der Waals surface area contributed by atoms with Crippen LogP contribution in [0.25, 0.3) is 0 Å². The number of hydrogen-bond acceptors (Lipinski definition) is 6. The second-order valence-electron chi connectivity index (χ2n) is 1.78. The van der Waals surface area contributed by atoms with E-state index in [1.165, 1.54) is 0 Å². The molecule has 9 heteroatoms. The van der Waals surface area contributed by atoms with Gasteiger partial charge in [-0.3, -0.25) is 0 Å². The molecule has 0 fully saturated rings. The first-order valence-electron chi connectivity index (χ1n) is 4.19. The Kier molecular flexibility index (Phi) is 76.5. The van der Waals surface area contributed by atoms with Crippen molar-refractivity contribution in [3.05, 3.63) is 0 Å². The van der Waals surface area contributed by atoms with Crippen molar-refractivity contribution in [2.75, 3.05) is 39.3 Å². The molecule has 0 aliphatic carbocycles. The second kappa shape index (κ2) is 45.9. The summed E-state index contributed by atoms with van der Waals surface area (Å²) >= 11 is -0.472. The van der Waals surface area contributed by atoms with Crippen LogP contribution in [0.3, 0.4) is 0 Å². The fraction of sp³-hybridized carbons (Fsp3) is 1.00. The van der Waals surface area contributed by atoms with Gasteiger partial charge in [0.05, 0.1) is 0 Å². The van der Waals surface area contributed by atoms with Crippen LogP contribution in [-0.4, -0.2) is 39.3 Å². The molecular formula is C6H24Cl2N6Pt. The molecule has 0 spiro atoms. The molecule has 6 nitrogen and oxygen atoms in total. The van der Waals surface area contributed by atoms with Crippen LogP contribution in [0.5, 0.6) is 0 Å². The SMILES string of the molecule is NCCN.NCCN.NCCN.[Cl][Pt][Cl]. The Hall–Kier alpha value is 1.03. The Morgan fingerprint density at radius 3 is 0.600 bits per heavy atom. The van der Waals surface area contributed by atoms with Crippen molar-refractivity contribution in [2.24, 2.45) is 34.4 Å². The van der Waals surface area contributed by atoms with Crippen LogP contribution in [-0.2, 0) is 16.5 Å². The van der Waals surface area contributed by atoms with Crippen LogP contribution in [0, 0.1) is 0 Å². The van der Waals surface area contributed by atoms with E-state index in [4.69, 9.17) is 53.2 Å². The third-order valence-corrected chi connectivity index (χ3v) is 0.500. The zero-order chi connectivity index (χ0) is 12.9. The Morgan fingerprint density at radius 1 is 0.533 bits per heavy atom. The molecular weight excluding hydrogens is 422 g/mol. The molecule has 0 amide bonds. The van der Waals surface area contributed by atoms with Gasteiger partial charge in [-0.1, -0.05) is 0 Å². The van der Waals surface area contributed by atoms with E-state index >= 15 is 0 Å². The molecule has 0 atom stereocenters. The first-order valence-corrected chi connectivity index (χ1v) is 9.82. The molecule has 0 unspecified atom stereocenters. The molecule has 0 aromatic heterocycles. The van der Waals surface area contributed by atoms with Gasteiger partial charge in [0.25, 0.3) is 0 Å². The van der Waals surface area contributed by atoms with Gasteiger partial charge in [-0.25, -0.2) is 0 Å². The summed E-state index contributed by atoms with van der Waals surface area (Å²) < 4.78 is 0. The van der Waals surface area contributed by atoms with E-state index in [0.717, 1.165) is 0 Å². The van der Waals surface area contributed by atoms with E-state index in [1.807, 2.05) is 0 Å². The first-order chi connectivity index (χ1) is 7.16. The molecule has 12 N–H and O–H groups in total. The Morgan fingerprint density at radius 2 is 0.600 bits per heavy atom. The molecule has 0 radical (unpaired) electrons. The van der Waals surface area contributed by atoms with Gasteiger partial charge < -0.3 is 34.4 Å². The van der Waals surface area contributed by atoms with Crippen molar-refractivity contribution < 1.29 is 16.5 Å². The molecule has 0 aliphatic heterocycles. The first kappa shape index (κ1) is 25.0. The van der Waals surface area contributed by atoms with Gasteiger partial charge in [0.1, 0.15) is 0 Å². The normalized spacial score (nSPS) is 7.47. The van der Waals surface area contributed by atoms with Gasteiger partial charge in [-0.05, 0) is 0 Å². The fourth-order valence-electron chi connectivity index (χ4n) is 0. The Labute approximate surface area is 109 Å². The van der Waals surface area contributed by atoms with Gasteiger partial charge >= 0.3 is 35.3 Å². The summed E-state index contributed by atoms with van der Waals surface area (Å²) in [6.45, 7) is 3.58. The van der Waals surface area contributed by atoms with E-state index in [0.29, 0.717) is 39.3 Å². The van der Waals surface area contributed by atoms with Crippen LogP contribution in [0.1, 0.15) is 0 Å². The fourth-order valence-corrected chi connectivity index (χ4v) is 0. The molecule has 0 saturated heterocycles. The van der Waals surface area contributed by atoms with E-state index < -0.39 is 16.5 Å². The van der Waals surface area contributed by atoms with E-state index in [9.17, 15) is 0 Å². The van der Waals surface area contributed by atoms with Crippen molar-refractivity contribution >= 4 is 18.8 Å². The van der Waals surface area contributed by atoms with Crippen molar-refractivity contribution in [3.8, 4) is 0 Å². The molecule has 0 aliphatic rings. The number of hydrogen-bond donors (Lipinski definition) is 6. The van der Waals surface area contributed by atoms with Crippen LogP contribution in [0.15, 0.2) is 0 Å². The molecule has 0 heterocycles. The molecule has 0 aromatic carbocycles. The van der Waals surface area contributed by atoms with Crippen molar-refractivity contribution in [3.63, 3.8) is 0 Å². The summed E-state index contributed by atoms with van der Waals surface area (Å²) in [5, 5.41) is 0. The summed E-state index contributed by atoms with van der Waals surface area (Å²) in [6.07, 6.45) is 0. The van der Waals surface area contributed by atoms with Gasteiger partial charge in [-0.15, -0.1) is 0 Å². The van der Waals surface area contributed by atoms with Crippen LogP contribution in [0.2, 0.25) is 0 Å². The summed E-state index contributed by atoms with van der Waals surface area (Å²) in [6, 6.07) is 0.